The molecular formula is C25H27ClF2N4O5S. The molecule has 1 fully saturated rings. The molecule has 0 bridgehead atoms. The molecule has 9 nitrogen and oxygen atoms in total. The molecule has 0 spiro atoms. The smallest absolute Gasteiger partial charge is 0.287 e. The van der Waals surface area contributed by atoms with Crippen molar-refractivity contribution in [3.63, 3.8) is 0 Å². The summed E-state index contributed by atoms with van der Waals surface area (Å²) in [5, 5.41) is 2.38. The number of halogens is 3. The van der Waals surface area contributed by atoms with Gasteiger partial charge in [-0.3, -0.25) is 9.59 Å². The van der Waals surface area contributed by atoms with Gasteiger partial charge in [0.15, 0.2) is 17.4 Å². The van der Waals surface area contributed by atoms with Gasteiger partial charge in [0.1, 0.15) is 11.2 Å². The molecule has 38 heavy (non-hydrogen) atoms. The zero-order chi connectivity index (χ0) is 27.4. The number of sulfonamides is 1. The van der Waals surface area contributed by atoms with E-state index in [1.54, 1.807) is 0 Å². The van der Waals surface area contributed by atoms with Crippen LogP contribution in [0.15, 0.2) is 35.1 Å². The predicted octanol–water partition coefficient (Wildman–Crippen LogP) is 3.66. The second-order valence-corrected chi connectivity index (χ2v) is 11.5. The molecule has 0 saturated heterocycles. The Morgan fingerprint density at radius 1 is 1.16 bits per heavy atom. The highest BCUT2D eigenvalue weighted by molar-refractivity contribution is 7.88. The van der Waals surface area contributed by atoms with Crippen molar-refractivity contribution in [3.05, 3.63) is 68.7 Å². The van der Waals surface area contributed by atoms with Gasteiger partial charge >= 0.3 is 0 Å². The summed E-state index contributed by atoms with van der Waals surface area (Å²) in [6.07, 6.45) is 4.78. The Kier molecular flexibility index (Phi) is 8.64. The minimum atomic E-state index is -3.25. The highest BCUT2D eigenvalue weighted by Crippen LogP contribution is 2.29. The number of H-pyrrole nitrogens is 1. The Morgan fingerprint density at radius 3 is 2.55 bits per heavy atom. The van der Waals surface area contributed by atoms with Crippen molar-refractivity contribution in [2.45, 2.75) is 44.7 Å². The second-order valence-electron chi connectivity index (χ2n) is 9.36. The summed E-state index contributed by atoms with van der Waals surface area (Å²) in [4.78, 5) is 31.9. The van der Waals surface area contributed by atoms with Gasteiger partial charge in [0.05, 0.1) is 23.4 Å². The lowest BCUT2D eigenvalue weighted by atomic mass is 9.85. The van der Waals surface area contributed by atoms with E-state index in [1.807, 2.05) is 0 Å². The van der Waals surface area contributed by atoms with Crippen LogP contribution in [0.25, 0.3) is 10.9 Å². The Labute approximate surface area is 223 Å². The molecule has 1 saturated carbocycles. The van der Waals surface area contributed by atoms with Crippen molar-refractivity contribution in [3.8, 4) is 5.75 Å². The van der Waals surface area contributed by atoms with Gasteiger partial charge in [-0.2, -0.15) is 0 Å². The molecule has 0 radical (unpaired) electrons. The molecular weight excluding hydrogens is 542 g/mol. The summed E-state index contributed by atoms with van der Waals surface area (Å²) in [7, 11) is -3.25. The van der Waals surface area contributed by atoms with Crippen molar-refractivity contribution in [1.29, 1.82) is 0 Å². The summed E-state index contributed by atoms with van der Waals surface area (Å²) in [5.74, 6) is -2.21. The fraction of sp³-hybridized carbons (Fsp3) is 0.400. The van der Waals surface area contributed by atoms with E-state index >= 15 is 0 Å². The van der Waals surface area contributed by atoms with Crippen LogP contribution in [0.5, 0.6) is 5.75 Å². The zero-order valence-electron chi connectivity index (χ0n) is 20.5. The maximum Gasteiger partial charge on any atom is 0.287 e. The van der Waals surface area contributed by atoms with Gasteiger partial charge in [-0.25, -0.2) is 26.9 Å². The molecule has 1 heterocycles. The van der Waals surface area contributed by atoms with Crippen molar-refractivity contribution >= 4 is 38.4 Å². The van der Waals surface area contributed by atoms with Gasteiger partial charge in [0.25, 0.3) is 11.5 Å². The van der Waals surface area contributed by atoms with E-state index in [9.17, 15) is 26.8 Å². The maximum atomic E-state index is 14.6. The molecule has 1 aliphatic carbocycles. The number of ether oxygens (including phenoxy) is 1. The first-order chi connectivity index (χ1) is 18.0. The Morgan fingerprint density at radius 2 is 1.87 bits per heavy atom. The number of aromatic amines is 1. The summed E-state index contributed by atoms with van der Waals surface area (Å²) < 4.78 is 59.1. The van der Waals surface area contributed by atoms with E-state index in [-0.39, 0.29) is 52.6 Å². The van der Waals surface area contributed by atoms with Gasteiger partial charge in [-0.1, -0.05) is 17.7 Å². The number of carbonyl (C=O) groups is 1. The average molecular weight is 569 g/mol. The van der Waals surface area contributed by atoms with Crippen LogP contribution < -0.4 is 20.3 Å². The third-order valence-corrected chi connectivity index (χ3v) is 7.48. The van der Waals surface area contributed by atoms with Crippen LogP contribution in [-0.4, -0.2) is 43.2 Å². The number of benzene rings is 2. The van der Waals surface area contributed by atoms with Crippen LogP contribution >= 0.6 is 11.6 Å². The first kappa shape index (κ1) is 27.9. The summed E-state index contributed by atoms with van der Waals surface area (Å²) in [5.41, 5.74) is -0.0925. The minimum Gasteiger partial charge on any atom is -0.490 e. The quantitative estimate of drug-likeness (QED) is 0.361. The third kappa shape index (κ3) is 7.06. The Bertz CT molecular complexity index is 1510. The molecule has 0 unspecified atom stereocenters. The number of fused-ring (bicyclic) bond motifs is 1. The number of carbonyl (C=O) groups excluding carboxylic acids is 1. The van der Waals surface area contributed by atoms with E-state index < -0.39 is 33.1 Å². The standard InChI is InChI=1S/C25H27ClF2N4O5S/c1-38(35,36)32-16-5-2-14(3-6-16)10-11-37-22-19(28)8-9-20-21(22)24(33)31-23(30-20)25(34)29-13-15-4-7-18(27)17(26)12-15/h4,7-9,12,14,16,32H,2-3,5-6,10-11,13H2,1H3,(H,29,34)(H,30,31,33). The van der Waals surface area contributed by atoms with E-state index in [0.29, 0.717) is 24.8 Å². The van der Waals surface area contributed by atoms with Crippen LogP contribution in [0.1, 0.15) is 48.3 Å². The van der Waals surface area contributed by atoms with Crippen molar-refractivity contribution in [2.75, 3.05) is 12.9 Å². The molecule has 13 heteroatoms. The van der Waals surface area contributed by atoms with Crippen molar-refractivity contribution in [2.24, 2.45) is 5.92 Å². The number of hydrogen-bond acceptors (Lipinski definition) is 6. The molecule has 2 aromatic carbocycles. The normalized spacial score (nSPS) is 17.9. The maximum absolute atomic E-state index is 14.6. The molecule has 1 aliphatic rings. The zero-order valence-corrected chi connectivity index (χ0v) is 22.1. The lowest BCUT2D eigenvalue weighted by Gasteiger charge is -2.28. The number of nitrogens with zero attached hydrogens (tertiary/aromatic N) is 1. The Balaban J connectivity index is 1.40. The fourth-order valence-electron chi connectivity index (χ4n) is 4.54. The number of aromatic nitrogens is 2. The van der Waals surface area contributed by atoms with Crippen LogP contribution in [0.2, 0.25) is 5.02 Å². The van der Waals surface area contributed by atoms with Gasteiger partial charge in [0, 0.05) is 12.6 Å². The first-order valence-electron chi connectivity index (χ1n) is 12.0. The molecule has 3 aromatic rings. The molecule has 4 rings (SSSR count). The molecule has 0 aliphatic heterocycles. The van der Waals surface area contributed by atoms with Crippen molar-refractivity contribution < 1.29 is 26.7 Å². The average Bonchev–Trinajstić information content (AvgIpc) is 2.86. The van der Waals surface area contributed by atoms with Crippen LogP contribution in [-0.2, 0) is 16.6 Å². The number of amides is 1. The summed E-state index contributed by atoms with van der Waals surface area (Å²) in [6.45, 7) is 0.178. The lowest BCUT2D eigenvalue weighted by molar-refractivity contribution is 0.0940. The highest BCUT2D eigenvalue weighted by atomic mass is 35.5. The summed E-state index contributed by atoms with van der Waals surface area (Å²) >= 11 is 5.75. The number of hydrogen-bond donors (Lipinski definition) is 3. The van der Waals surface area contributed by atoms with Crippen LogP contribution in [0.3, 0.4) is 0 Å². The molecule has 204 valence electrons. The third-order valence-electron chi connectivity index (χ3n) is 6.43. The van der Waals surface area contributed by atoms with Gasteiger partial charge < -0.3 is 15.0 Å². The van der Waals surface area contributed by atoms with Crippen LogP contribution in [0, 0.1) is 17.6 Å². The second kappa shape index (κ2) is 11.7. The summed E-state index contributed by atoms with van der Waals surface area (Å²) in [6, 6.07) is 6.34. The predicted molar refractivity (Wildman–Crippen MR) is 139 cm³/mol. The van der Waals surface area contributed by atoms with Gasteiger partial charge in [-0.15, -0.1) is 0 Å². The number of rotatable bonds is 9. The van der Waals surface area contributed by atoms with Crippen LogP contribution in [0.4, 0.5) is 8.78 Å². The van der Waals surface area contributed by atoms with E-state index in [1.165, 1.54) is 24.3 Å². The highest BCUT2D eigenvalue weighted by Gasteiger charge is 2.24. The molecule has 3 N–H and O–H groups in total. The molecule has 0 atom stereocenters. The van der Waals surface area contributed by atoms with Gasteiger partial charge in [-0.05, 0) is 67.9 Å². The Hall–Kier alpha value is -3.09. The van der Waals surface area contributed by atoms with E-state index in [2.05, 4.69) is 20.0 Å². The van der Waals surface area contributed by atoms with Gasteiger partial charge in [0.2, 0.25) is 10.0 Å². The van der Waals surface area contributed by atoms with Crippen molar-refractivity contribution in [1.82, 2.24) is 20.0 Å². The molecule has 1 aromatic heterocycles. The monoisotopic (exact) mass is 568 g/mol. The SMILES string of the molecule is CS(=O)(=O)NC1CCC(CCOc2c(F)ccc3nc(C(=O)NCc4ccc(F)c(Cl)c4)[nH]c(=O)c23)CC1. The topological polar surface area (TPSA) is 130 Å². The van der Waals surface area contributed by atoms with E-state index in [4.69, 9.17) is 16.3 Å². The first-order valence-corrected chi connectivity index (χ1v) is 14.3. The largest absolute Gasteiger partial charge is 0.490 e. The minimum absolute atomic E-state index is 0.0184. The fourth-order valence-corrected chi connectivity index (χ4v) is 5.59. The van der Waals surface area contributed by atoms with E-state index in [0.717, 1.165) is 25.2 Å². The lowest BCUT2D eigenvalue weighted by Crippen LogP contribution is -2.37. The number of nitrogens with one attached hydrogen (secondary N) is 3. The molecule has 1 amide bonds.